The number of aromatic nitrogens is 2. The van der Waals surface area contributed by atoms with E-state index < -0.39 is 0 Å². The number of benzene rings is 3. The molecule has 2 amide bonds. The molecule has 0 unspecified atom stereocenters. The molecule has 0 saturated carbocycles. The van der Waals surface area contributed by atoms with Gasteiger partial charge in [0.25, 0.3) is 5.91 Å². The lowest BCUT2D eigenvalue weighted by Gasteiger charge is -2.17. The molecule has 0 aliphatic carbocycles. The molecular weight excluding hydrogens is 599 g/mol. The van der Waals surface area contributed by atoms with E-state index in [2.05, 4.69) is 15.6 Å². The molecule has 0 atom stereocenters. The van der Waals surface area contributed by atoms with Gasteiger partial charge in [0.2, 0.25) is 5.91 Å². The number of methoxy groups -OCH3 is 1. The van der Waals surface area contributed by atoms with E-state index in [1.54, 1.807) is 50.6 Å². The van der Waals surface area contributed by atoms with E-state index in [4.69, 9.17) is 32.7 Å². The molecule has 0 aliphatic heterocycles. The smallest absolute Gasteiger partial charge is 0.251 e. The lowest BCUT2D eigenvalue weighted by Crippen LogP contribution is -2.21. The zero-order chi connectivity index (χ0) is 31.2. The van der Waals surface area contributed by atoms with Crippen molar-refractivity contribution in [2.24, 2.45) is 0 Å². The summed E-state index contributed by atoms with van der Waals surface area (Å²) in [6, 6.07) is 21.9. The number of rotatable bonds is 10. The average molecular weight is 630 g/mol. The third kappa shape index (κ3) is 6.72. The summed E-state index contributed by atoms with van der Waals surface area (Å²) in [7, 11) is 3.20. The highest BCUT2D eigenvalue weighted by molar-refractivity contribution is 6.37. The van der Waals surface area contributed by atoms with Crippen LogP contribution in [0.5, 0.6) is 11.5 Å². The predicted molar refractivity (Wildman–Crippen MR) is 174 cm³/mol. The summed E-state index contributed by atoms with van der Waals surface area (Å²) in [5, 5.41) is 7.23. The highest BCUT2D eigenvalue weighted by atomic mass is 35.5. The zero-order valence-corrected chi connectivity index (χ0v) is 25.9. The molecular formula is C34H30Cl2N4O4. The standard InChI is InChI=1S/C34H30Cl2N4O4/c1-21-18-30(43-3)25-7-4-8-29(33(25)39-21)44-20-26-27(35)14-15-28(32(26)36)40-17-5-6-24(40)19-38-31(41)16-11-22-9-12-23(13-10-22)34(42)37-2/h4-18H,19-20H2,1-3H3,(H,37,42)(H,38,41). The largest absolute Gasteiger partial charge is 0.496 e. The van der Waals surface area contributed by atoms with Crippen LogP contribution in [0.4, 0.5) is 0 Å². The Labute approximate surface area is 265 Å². The number of halogens is 2. The number of ether oxygens (including phenoxy) is 2. The van der Waals surface area contributed by atoms with Crippen LogP contribution in [-0.2, 0) is 17.9 Å². The Bertz CT molecular complexity index is 1870. The van der Waals surface area contributed by atoms with Crippen LogP contribution >= 0.6 is 23.2 Å². The SMILES string of the molecule is CNC(=O)c1ccc(C=CC(=O)NCc2cccn2-c2ccc(Cl)c(COc3cccc4c(OC)cc(C)nc34)c2Cl)cc1. The summed E-state index contributed by atoms with van der Waals surface area (Å²) in [6.07, 6.45) is 5.01. The van der Waals surface area contributed by atoms with Gasteiger partial charge in [-0.1, -0.05) is 41.4 Å². The van der Waals surface area contributed by atoms with Crippen LogP contribution in [0, 0.1) is 6.92 Å². The molecule has 0 bridgehead atoms. The third-order valence-electron chi connectivity index (χ3n) is 7.01. The maximum absolute atomic E-state index is 12.6. The minimum atomic E-state index is -0.264. The number of amides is 2. The number of carbonyl (C=O) groups excluding carboxylic acids is 2. The molecule has 44 heavy (non-hydrogen) atoms. The van der Waals surface area contributed by atoms with Gasteiger partial charge >= 0.3 is 0 Å². The van der Waals surface area contributed by atoms with Crippen LogP contribution in [0.3, 0.4) is 0 Å². The zero-order valence-electron chi connectivity index (χ0n) is 24.4. The van der Waals surface area contributed by atoms with Gasteiger partial charge in [0.1, 0.15) is 23.6 Å². The molecule has 0 spiro atoms. The first-order valence-electron chi connectivity index (χ1n) is 13.8. The Kier molecular flexibility index (Phi) is 9.53. The molecule has 0 radical (unpaired) electrons. The first-order chi connectivity index (χ1) is 21.3. The molecule has 2 aromatic heterocycles. The highest BCUT2D eigenvalue weighted by Gasteiger charge is 2.16. The topological polar surface area (TPSA) is 94.5 Å². The maximum atomic E-state index is 12.6. The van der Waals surface area contributed by atoms with Gasteiger partial charge in [0.15, 0.2) is 0 Å². The molecule has 5 rings (SSSR count). The molecule has 2 heterocycles. The number of fused-ring (bicyclic) bond motifs is 1. The van der Waals surface area contributed by atoms with E-state index in [1.807, 2.05) is 60.2 Å². The van der Waals surface area contributed by atoms with Crippen molar-refractivity contribution >= 4 is 52.0 Å². The summed E-state index contributed by atoms with van der Waals surface area (Å²) in [6.45, 7) is 2.28. The third-order valence-corrected chi connectivity index (χ3v) is 7.79. The number of nitrogens with zero attached hydrogens (tertiary/aromatic N) is 2. The summed E-state index contributed by atoms with van der Waals surface area (Å²) in [4.78, 5) is 29.0. The number of pyridine rings is 1. The molecule has 0 aliphatic rings. The quantitative estimate of drug-likeness (QED) is 0.164. The second kappa shape index (κ2) is 13.7. The summed E-state index contributed by atoms with van der Waals surface area (Å²) < 4.78 is 13.6. The molecule has 3 aromatic carbocycles. The maximum Gasteiger partial charge on any atom is 0.251 e. The number of hydrogen-bond donors (Lipinski definition) is 2. The van der Waals surface area contributed by atoms with Crippen molar-refractivity contribution in [3.8, 4) is 17.2 Å². The van der Waals surface area contributed by atoms with Gasteiger partial charge < -0.3 is 24.7 Å². The minimum Gasteiger partial charge on any atom is -0.496 e. The predicted octanol–water partition coefficient (Wildman–Crippen LogP) is 6.92. The van der Waals surface area contributed by atoms with Crippen LogP contribution in [0.2, 0.25) is 10.0 Å². The number of carbonyl (C=O) groups is 2. The molecule has 8 nitrogen and oxygen atoms in total. The molecule has 0 fully saturated rings. The van der Waals surface area contributed by atoms with E-state index in [-0.39, 0.29) is 25.0 Å². The molecule has 0 saturated heterocycles. The van der Waals surface area contributed by atoms with Crippen LogP contribution in [-0.4, -0.2) is 35.5 Å². The molecule has 5 aromatic rings. The van der Waals surface area contributed by atoms with Crippen molar-refractivity contribution in [3.05, 3.63) is 123 Å². The van der Waals surface area contributed by atoms with Crippen LogP contribution < -0.4 is 20.1 Å². The lowest BCUT2D eigenvalue weighted by molar-refractivity contribution is -0.116. The van der Waals surface area contributed by atoms with E-state index >= 15 is 0 Å². The van der Waals surface area contributed by atoms with Gasteiger partial charge in [-0.2, -0.15) is 0 Å². The van der Waals surface area contributed by atoms with Crippen LogP contribution in [0.15, 0.2) is 85.1 Å². The van der Waals surface area contributed by atoms with Crippen molar-refractivity contribution in [2.45, 2.75) is 20.1 Å². The Morgan fingerprint density at radius 1 is 1.00 bits per heavy atom. The highest BCUT2D eigenvalue weighted by Crippen LogP contribution is 2.35. The molecule has 2 N–H and O–H groups in total. The Morgan fingerprint density at radius 3 is 2.55 bits per heavy atom. The average Bonchev–Trinajstić information content (AvgIpc) is 3.50. The fourth-order valence-electron chi connectivity index (χ4n) is 4.75. The second-order valence-corrected chi connectivity index (χ2v) is 10.7. The Hall–Kier alpha value is -4.79. The van der Waals surface area contributed by atoms with Gasteiger partial charge in [-0.05, 0) is 67.1 Å². The fourth-order valence-corrected chi connectivity index (χ4v) is 5.32. The normalized spacial score (nSPS) is 11.1. The summed E-state index contributed by atoms with van der Waals surface area (Å²) >= 11 is 13.5. The summed E-state index contributed by atoms with van der Waals surface area (Å²) in [5.41, 5.74) is 4.98. The Morgan fingerprint density at radius 2 is 1.80 bits per heavy atom. The van der Waals surface area contributed by atoms with Gasteiger partial charge in [-0.15, -0.1) is 0 Å². The van der Waals surface area contributed by atoms with E-state index in [0.717, 1.165) is 28.1 Å². The van der Waals surface area contributed by atoms with Gasteiger partial charge in [-0.3, -0.25) is 9.59 Å². The van der Waals surface area contributed by atoms with Crippen molar-refractivity contribution in [1.82, 2.24) is 20.2 Å². The van der Waals surface area contributed by atoms with E-state index in [0.29, 0.717) is 38.1 Å². The lowest BCUT2D eigenvalue weighted by atomic mass is 10.1. The minimum absolute atomic E-state index is 0.116. The number of nitrogens with one attached hydrogen (secondary N) is 2. The first kappa shape index (κ1) is 30.7. The van der Waals surface area contributed by atoms with Crippen LogP contribution in [0.25, 0.3) is 22.7 Å². The summed E-state index contributed by atoms with van der Waals surface area (Å²) in [5.74, 6) is 0.872. The monoisotopic (exact) mass is 628 g/mol. The van der Waals surface area contributed by atoms with Crippen LogP contribution in [0.1, 0.15) is 32.9 Å². The Balaban J connectivity index is 1.30. The number of para-hydroxylation sites is 1. The van der Waals surface area contributed by atoms with Gasteiger partial charge in [0.05, 0.1) is 24.4 Å². The van der Waals surface area contributed by atoms with E-state index in [9.17, 15) is 9.59 Å². The molecule has 10 heteroatoms. The fraction of sp³-hybridized carbons (Fsp3) is 0.147. The molecule has 224 valence electrons. The van der Waals surface area contributed by atoms with Gasteiger partial charge in [0, 0.05) is 58.3 Å². The van der Waals surface area contributed by atoms with Crippen molar-refractivity contribution in [2.75, 3.05) is 14.2 Å². The van der Waals surface area contributed by atoms with E-state index in [1.165, 1.54) is 6.08 Å². The number of hydrogen-bond acceptors (Lipinski definition) is 5. The van der Waals surface area contributed by atoms with Crippen molar-refractivity contribution in [1.29, 1.82) is 0 Å². The van der Waals surface area contributed by atoms with Gasteiger partial charge in [-0.25, -0.2) is 4.98 Å². The number of aryl methyl sites for hydroxylation is 1. The first-order valence-corrected chi connectivity index (χ1v) is 14.5. The second-order valence-electron chi connectivity index (χ2n) is 9.89. The van der Waals surface area contributed by atoms with Crippen molar-refractivity contribution < 1.29 is 19.1 Å². The van der Waals surface area contributed by atoms with Crippen molar-refractivity contribution in [3.63, 3.8) is 0 Å².